The van der Waals surface area contributed by atoms with Gasteiger partial charge in [0.25, 0.3) is 0 Å². The molecule has 0 radical (unpaired) electrons. The molecule has 1 atom stereocenters. The standard InChI is InChI=1S/C15H23ClN4O3/c1-2-13(21)11-23-8-3-14(22)19-4-6-20(7-5-19)15-17-9-12(16)10-18-15/h9-10,13,21H,2-8,11H2,1H3/t13-/m0/s1. The predicted octanol–water partition coefficient (Wildman–Crippen LogP) is 0.956. The largest absolute Gasteiger partial charge is 0.391 e. The van der Waals surface area contributed by atoms with Crippen molar-refractivity contribution in [3.05, 3.63) is 17.4 Å². The van der Waals surface area contributed by atoms with Gasteiger partial charge < -0.3 is 19.6 Å². The number of rotatable bonds is 7. The van der Waals surface area contributed by atoms with Crippen LogP contribution in [0.25, 0.3) is 0 Å². The van der Waals surface area contributed by atoms with E-state index in [9.17, 15) is 9.90 Å². The van der Waals surface area contributed by atoms with Gasteiger partial charge in [0.1, 0.15) is 0 Å². The Morgan fingerprint density at radius 2 is 2.00 bits per heavy atom. The van der Waals surface area contributed by atoms with E-state index in [1.165, 1.54) is 0 Å². The Morgan fingerprint density at radius 1 is 1.35 bits per heavy atom. The highest BCUT2D eigenvalue weighted by Gasteiger charge is 2.22. The molecular weight excluding hydrogens is 320 g/mol. The molecule has 0 saturated carbocycles. The number of hydrogen-bond donors (Lipinski definition) is 1. The number of anilines is 1. The maximum Gasteiger partial charge on any atom is 0.225 e. The Morgan fingerprint density at radius 3 is 2.61 bits per heavy atom. The van der Waals surface area contributed by atoms with Gasteiger partial charge in [-0.25, -0.2) is 9.97 Å². The Labute approximate surface area is 141 Å². The summed E-state index contributed by atoms with van der Waals surface area (Å²) in [6.45, 7) is 5.20. The van der Waals surface area contributed by atoms with Crippen LogP contribution in [0.4, 0.5) is 5.95 Å². The molecule has 0 spiro atoms. The summed E-state index contributed by atoms with van der Waals surface area (Å²) >= 11 is 5.78. The third-order valence-corrected chi connectivity index (χ3v) is 3.96. The van der Waals surface area contributed by atoms with E-state index in [4.69, 9.17) is 16.3 Å². The molecule has 0 aliphatic carbocycles. The van der Waals surface area contributed by atoms with Crippen LogP contribution in [0, 0.1) is 0 Å². The second kappa shape index (κ2) is 9.00. The molecule has 1 aromatic heterocycles. The lowest BCUT2D eigenvalue weighted by Gasteiger charge is -2.34. The lowest BCUT2D eigenvalue weighted by atomic mass is 10.3. The normalized spacial score (nSPS) is 16.5. The fourth-order valence-corrected chi connectivity index (χ4v) is 2.38. The number of ether oxygens (including phenoxy) is 1. The zero-order valence-corrected chi connectivity index (χ0v) is 14.1. The number of carbonyl (C=O) groups excluding carboxylic acids is 1. The minimum absolute atomic E-state index is 0.0765. The molecule has 0 unspecified atom stereocenters. The molecule has 0 bridgehead atoms. The highest BCUT2D eigenvalue weighted by atomic mass is 35.5. The summed E-state index contributed by atoms with van der Waals surface area (Å²) in [7, 11) is 0. The van der Waals surface area contributed by atoms with Gasteiger partial charge in [0.05, 0.1) is 43.2 Å². The number of halogens is 1. The van der Waals surface area contributed by atoms with Gasteiger partial charge in [-0.15, -0.1) is 0 Å². The topological polar surface area (TPSA) is 78.8 Å². The second-order valence-corrected chi connectivity index (χ2v) is 5.89. The summed E-state index contributed by atoms with van der Waals surface area (Å²) in [6, 6.07) is 0. The van der Waals surface area contributed by atoms with Crippen molar-refractivity contribution >= 4 is 23.5 Å². The highest BCUT2D eigenvalue weighted by molar-refractivity contribution is 6.30. The van der Waals surface area contributed by atoms with Crippen molar-refractivity contribution in [2.24, 2.45) is 0 Å². The average Bonchev–Trinajstić information content (AvgIpc) is 2.59. The summed E-state index contributed by atoms with van der Waals surface area (Å²) in [6.07, 6.45) is 3.69. The number of carbonyl (C=O) groups is 1. The van der Waals surface area contributed by atoms with Crippen molar-refractivity contribution in [3.63, 3.8) is 0 Å². The third kappa shape index (κ3) is 5.60. The van der Waals surface area contributed by atoms with Gasteiger partial charge in [-0.3, -0.25) is 4.79 Å². The Hall–Kier alpha value is -1.44. The first kappa shape index (κ1) is 17.9. The van der Waals surface area contributed by atoms with Crippen LogP contribution in [-0.4, -0.2) is 71.4 Å². The van der Waals surface area contributed by atoms with Crippen LogP contribution in [0.15, 0.2) is 12.4 Å². The number of amides is 1. The first-order valence-electron chi connectivity index (χ1n) is 7.86. The van der Waals surface area contributed by atoms with Gasteiger partial charge >= 0.3 is 0 Å². The first-order chi connectivity index (χ1) is 11.1. The number of aromatic nitrogens is 2. The van der Waals surface area contributed by atoms with E-state index in [0.29, 0.717) is 56.6 Å². The molecule has 1 saturated heterocycles. The fourth-order valence-electron chi connectivity index (χ4n) is 2.28. The molecule has 1 aliphatic heterocycles. The third-order valence-electron chi connectivity index (χ3n) is 3.76. The molecule has 128 valence electrons. The zero-order chi connectivity index (χ0) is 16.7. The van der Waals surface area contributed by atoms with Gasteiger partial charge in [0.15, 0.2) is 0 Å². The van der Waals surface area contributed by atoms with Gasteiger partial charge in [-0.05, 0) is 6.42 Å². The van der Waals surface area contributed by atoms with E-state index in [2.05, 4.69) is 9.97 Å². The minimum Gasteiger partial charge on any atom is -0.391 e. The minimum atomic E-state index is -0.451. The molecular formula is C15H23ClN4O3. The lowest BCUT2D eigenvalue weighted by molar-refractivity contribution is -0.132. The molecule has 1 N–H and O–H groups in total. The second-order valence-electron chi connectivity index (χ2n) is 5.46. The Bertz CT molecular complexity index is 492. The maximum absolute atomic E-state index is 12.1. The quantitative estimate of drug-likeness (QED) is 0.743. The van der Waals surface area contributed by atoms with Crippen LogP contribution in [0.1, 0.15) is 19.8 Å². The van der Waals surface area contributed by atoms with Crippen molar-refractivity contribution in [2.45, 2.75) is 25.9 Å². The number of aliphatic hydroxyl groups is 1. The number of aliphatic hydroxyl groups excluding tert-OH is 1. The highest BCUT2D eigenvalue weighted by Crippen LogP contribution is 2.13. The molecule has 1 amide bonds. The lowest BCUT2D eigenvalue weighted by Crippen LogP contribution is -2.49. The molecule has 23 heavy (non-hydrogen) atoms. The molecule has 1 fully saturated rings. The van der Waals surface area contributed by atoms with Crippen LogP contribution >= 0.6 is 11.6 Å². The molecule has 1 aliphatic rings. The van der Waals surface area contributed by atoms with Gasteiger partial charge in [-0.2, -0.15) is 0 Å². The van der Waals surface area contributed by atoms with Crippen LogP contribution in [-0.2, 0) is 9.53 Å². The van der Waals surface area contributed by atoms with Crippen molar-refractivity contribution in [1.29, 1.82) is 0 Å². The molecule has 8 heteroatoms. The predicted molar refractivity (Wildman–Crippen MR) is 87.6 cm³/mol. The number of piperazine rings is 1. The summed E-state index contributed by atoms with van der Waals surface area (Å²) in [4.78, 5) is 24.4. The average molecular weight is 343 g/mol. The van der Waals surface area contributed by atoms with Crippen molar-refractivity contribution in [3.8, 4) is 0 Å². The Balaban J connectivity index is 1.69. The van der Waals surface area contributed by atoms with E-state index >= 15 is 0 Å². The van der Waals surface area contributed by atoms with Gasteiger partial charge in [0, 0.05) is 26.2 Å². The van der Waals surface area contributed by atoms with Gasteiger partial charge in [-0.1, -0.05) is 18.5 Å². The van der Waals surface area contributed by atoms with E-state index in [-0.39, 0.29) is 12.5 Å². The molecule has 2 rings (SSSR count). The maximum atomic E-state index is 12.1. The van der Waals surface area contributed by atoms with Gasteiger partial charge in [0.2, 0.25) is 11.9 Å². The zero-order valence-electron chi connectivity index (χ0n) is 13.3. The Kier molecular flexibility index (Phi) is 7.01. The van der Waals surface area contributed by atoms with Crippen LogP contribution in [0.5, 0.6) is 0 Å². The van der Waals surface area contributed by atoms with E-state index in [1.807, 2.05) is 16.7 Å². The molecule has 1 aromatic rings. The van der Waals surface area contributed by atoms with Crippen LogP contribution in [0.3, 0.4) is 0 Å². The summed E-state index contributed by atoms with van der Waals surface area (Å²) in [5, 5.41) is 9.89. The smallest absolute Gasteiger partial charge is 0.225 e. The monoisotopic (exact) mass is 342 g/mol. The van der Waals surface area contributed by atoms with Crippen LogP contribution < -0.4 is 4.90 Å². The first-order valence-corrected chi connectivity index (χ1v) is 8.24. The fraction of sp³-hybridized carbons (Fsp3) is 0.667. The molecule has 7 nitrogen and oxygen atoms in total. The SMILES string of the molecule is CC[C@H](O)COCCC(=O)N1CCN(c2ncc(Cl)cn2)CC1. The van der Waals surface area contributed by atoms with Crippen LogP contribution in [0.2, 0.25) is 5.02 Å². The van der Waals surface area contributed by atoms with E-state index in [0.717, 1.165) is 0 Å². The molecule has 0 aromatic carbocycles. The van der Waals surface area contributed by atoms with E-state index in [1.54, 1.807) is 12.4 Å². The molecule has 2 heterocycles. The summed E-state index contributed by atoms with van der Waals surface area (Å²) in [5.74, 6) is 0.714. The van der Waals surface area contributed by atoms with Crippen molar-refractivity contribution in [1.82, 2.24) is 14.9 Å². The summed E-state index contributed by atoms with van der Waals surface area (Å²) < 4.78 is 5.31. The van der Waals surface area contributed by atoms with Crippen molar-refractivity contribution in [2.75, 3.05) is 44.3 Å². The number of hydrogen-bond acceptors (Lipinski definition) is 6. The number of nitrogens with zero attached hydrogens (tertiary/aromatic N) is 4. The van der Waals surface area contributed by atoms with Crippen molar-refractivity contribution < 1.29 is 14.6 Å². The van der Waals surface area contributed by atoms with E-state index < -0.39 is 6.10 Å². The summed E-state index contributed by atoms with van der Waals surface area (Å²) in [5.41, 5.74) is 0.